The van der Waals surface area contributed by atoms with Crippen molar-refractivity contribution in [3.05, 3.63) is 3.92 Å². The largest absolute Gasteiger partial charge is 0.353 e. The lowest BCUT2D eigenvalue weighted by Gasteiger charge is -2.17. The van der Waals surface area contributed by atoms with Crippen LogP contribution in [0.4, 0.5) is 5.13 Å². The molecule has 1 aromatic heterocycles. The molecule has 86 valence electrons. The molecule has 2 aliphatic rings. The number of carbonyl (C=O) groups is 1. The topological polar surface area (TPSA) is 58.1 Å². The van der Waals surface area contributed by atoms with Gasteiger partial charge >= 0.3 is 0 Å². The van der Waals surface area contributed by atoms with Crippen LogP contribution in [0.25, 0.3) is 0 Å². The van der Waals surface area contributed by atoms with Crippen LogP contribution >= 0.6 is 27.3 Å². The summed E-state index contributed by atoms with van der Waals surface area (Å²) in [6, 6.07) is 0.394. The molecule has 5 nitrogen and oxygen atoms in total. The predicted octanol–water partition coefficient (Wildman–Crippen LogP) is 0.871. The summed E-state index contributed by atoms with van der Waals surface area (Å²) in [5.74, 6) is 1.28. The van der Waals surface area contributed by atoms with Gasteiger partial charge in [0.2, 0.25) is 11.0 Å². The summed E-state index contributed by atoms with van der Waals surface area (Å²) in [6.07, 6.45) is 0. The molecule has 0 radical (unpaired) electrons. The van der Waals surface area contributed by atoms with Gasteiger partial charge in [0.1, 0.15) is 0 Å². The highest BCUT2D eigenvalue weighted by Crippen LogP contribution is 2.47. The monoisotopic (exact) mass is 302 g/mol. The molecule has 2 fully saturated rings. The normalized spacial score (nSPS) is 31.4. The standard InChI is InChI=1S/C9H11BrN4OS/c1-4(15)11-7-5-2-14(3-6(5)7)9-13-12-8(10)16-9/h5-7H,2-3H2,1H3,(H,11,15)/t5-,6+,7+. The average Bonchev–Trinajstić information content (AvgIpc) is 2.68. The van der Waals surface area contributed by atoms with Crippen molar-refractivity contribution in [2.24, 2.45) is 11.8 Å². The first-order chi connectivity index (χ1) is 7.65. The Labute approximate surface area is 105 Å². The van der Waals surface area contributed by atoms with Crippen molar-refractivity contribution in [2.45, 2.75) is 13.0 Å². The number of piperidine rings is 1. The van der Waals surface area contributed by atoms with Crippen molar-refractivity contribution in [3.63, 3.8) is 0 Å². The van der Waals surface area contributed by atoms with Gasteiger partial charge in [0.25, 0.3) is 0 Å². The van der Waals surface area contributed by atoms with Gasteiger partial charge < -0.3 is 10.2 Å². The summed E-state index contributed by atoms with van der Waals surface area (Å²) >= 11 is 4.87. The second-order valence-electron chi connectivity index (χ2n) is 4.30. The lowest BCUT2D eigenvalue weighted by atomic mass is 10.4. The van der Waals surface area contributed by atoms with E-state index in [0.29, 0.717) is 17.9 Å². The first-order valence-electron chi connectivity index (χ1n) is 5.16. The van der Waals surface area contributed by atoms with Crippen molar-refractivity contribution in [1.82, 2.24) is 15.5 Å². The molecule has 0 bridgehead atoms. The molecule has 1 aromatic rings. The summed E-state index contributed by atoms with van der Waals surface area (Å²) < 4.78 is 0.821. The molecule has 1 aliphatic carbocycles. The van der Waals surface area contributed by atoms with Crippen LogP contribution in [0.3, 0.4) is 0 Å². The van der Waals surface area contributed by atoms with E-state index in [4.69, 9.17) is 0 Å². The van der Waals surface area contributed by atoms with Crippen LogP contribution in [0.2, 0.25) is 0 Å². The van der Waals surface area contributed by atoms with E-state index in [1.165, 1.54) is 0 Å². The number of aromatic nitrogens is 2. The SMILES string of the molecule is CC(=O)N[C@H]1[C@@H]2CN(c3nnc(Br)s3)C[C@@H]21. The number of carbonyl (C=O) groups excluding carboxylic acids is 1. The Morgan fingerprint density at radius 2 is 2.19 bits per heavy atom. The van der Waals surface area contributed by atoms with E-state index in [-0.39, 0.29) is 5.91 Å². The second kappa shape index (κ2) is 3.66. The predicted molar refractivity (Wildman–Crippen MR) is 64.4 cm³/mol. The van der Waals surface area contributed by atoms with Crippen LogP contribution in [-0.2, 0) is 4.79 Å². The maximum absolute atomic E-state index is 10.9. The lowest BCUT2D eigenvalue weighted by Crippen LogP contribution is -2.33. The number of rotatable bonds is 2. The van der Waals surface area contributed by atoms with Crippen molar-refractivity contribution in [1.29, 1.82) is 0 Å². The fraction of sp³-hybridized carbons (Fsp3) is 0.667. The molecule has 7 heteroatoms. The van der Waals surface area contributed by atoms with Crippen LogP contribution in [0.5, 0.6) is 0 Å². The molecule has 1 saturated heterocycles. The van der Waals surface area contributed by atoms with Gasteiger partial charge in [-0.05, 0) is 15.9 Å². The van der Waals surface area contributed by atoms with E-state index in [0.717, 1.165) is 22.1 Å². The lowest BCUT2D eigenvalue weighted by molar-refractivity contribution is -0.119. The molecule has 3 atom stereocenters. The third-order valence-corrected chi connectivity index (χ3v) is 4.64. The molecule has 0 spiro atoms. The van der Waals surface area contributed by atoms with Crippen LogP contribution in [0.1, 0.15) is 6.92 Å². The minimum atomic E-state index is 0.0737. The summed E-state index contributed by atoms with van der Waals surface area (Å²) in [6.45, 7) is 3.54. The average molecular weight is 303 g/mol. The third kappa shape index (κ3) is 1.71. The van der Waals surface area contributed by atoms with E-state index in [1.807, 2.05) is 0 Å². The van der Waals surface area contributed by atoms with Gasteiger partial charge in [-0.15, -0.1) is 10.2 Å². The van der Waals surface area contributed by atoms with Gasteiger partial charge in [0, 0.05) is 37.9 Å². The van der Waals surface area contributed by atoms with E-state index >= 15 is 0 Å². The molecule has 1 aliphatic heterocycles. The first-order valence-corrected chi connectivity index (χ1v) is 6.77. The molecule has 1 amide bonds. The van der Waals surface area contributed by atoms with E-state index in [9.17, 15) is 4.79 Å². The maximum atomic E-state index is 10.9. The number of amides is 1. The minimum absolute atomic E-state index is 0.0737. The van der Waals surface area contributed by atoms with Crippen LogP contribution in [-0.4, -0.2) is 35.2 Å². The summed E-state index contributed by atoms with van der Waals surface area (Å²) in [7, 11) is 0. The Hall–Kier alpha value is -0.690. The number of halogens is 1. The van der Waals surface area contributed by atoms with Crippen molar-refractivity contribution in [3.8, 4) is 0 Å². The van der Waals surface area contributed by atoms with Crippen LogP contribution in [0.15, 0.2) is 3.92 Å². The molecule has 2 heterocycles. The molecule has 0 unspecified atom stereocenters. The van der Waals surface area contributed by atoms with Gasteiger partial charge in [-0.2, -0.15) is 0 Å². The van der Waals surface area contributed by atoms with Gasteiger partial charge in [-0.1, -0.05) is 11.3 Å². The van der Waals surface area contributed by atoms with E-state index < -0.39 is 0 Å². The van der Waals surface area contributed by atoms with Crippen LogP contribution in [0, 0.1) is 11.8 Å². The number of anilines is 1. The zero-order valence-corrected chi connectivity index (χ0v) is 11.1. The maximum Gasteiger partial charge on any atom is 0.217 e. The second-order valence-corrected chi connectivity index (χ2v) is 6.53. The van der Waals surface area contributed by atoms with Crippen LogP contribution < -0.4 is 10.2 Å². The van der Waals surface area contributed by atoms with E-state index in [2.05, 4.69) is 36.3 Å². The summed E-state index contributed by atoms with van der Waals surface area (Å²) in [5.41, 5.74) is 0. The Kier molecular flexibility index (Phi) is 2.39. The van der Waals surface area contributed by atoms with Gasteiger partial charge in [0.15, 0.2) is 3.92 Å². The molecular weight excluding hydrogens is 292 g/mol. The Bertz CT molecular complexity index is 425. The highest BCUT2D eigenvalue weighted by molar-refractivity contribution is 9.11. The Morgan fingerprint density at radius 1 is 1.50 bits per heavy atom. The van der Waals surface area contributed by atoms with Gasteiger partial charge in [0.05, 0.1) is 0 Å². The highest BCUT2D eigenvalue weighted by Gasteiger charge is 2.56. The fourth-order valence-corrected chi connectivity index (χ4v) is 3.56. The molecule has 0 aromatic carbocycles. The number of hydrogen-bond donors (Lipinski definition) is 1. The molecule has 1 saturated carbocycles. The quantitative estimate of drug-likeness (QED) is 0.881. The van der Waals surface area contributed by atoms with Crippen molar-refractivity contribution >= 4 is 38.3 Å². The zero-order chi connectivity index (χ0) is 11.3. The molecular formula is C9H11BrN4OS. The number of nitrogens with one attached hydrogen (secondary N) is 1. The highest BCUT2D eigenvalue weighted by atomic mass is 79.9. The number of nitrogens with zero attached hydrogens (tertiary/aromatic N) is 3. The first kappa shape index (κ1) is 10.5. The Balaban J connectivity index is 1.61. The van der Waals surface area contributed by atoms with Crippen molar-refractivity contribution < 1.29 is 4.79 Å². The minimum Gasteiger partial charge on any atom is -0.353 e. The Morgan fingerprint density at radius 3 is 2.69 bits per heavy atom. The third-order valence-electron chi connectivity index (χ3n) is 3.22. The summed E-state index contributed by atoms with van der Waals surface area (Å²) in [4.78, 5) is 13.2. The number of fused-ring (bicyclic) bond motifs is 1. The van der Waals surface area contributed by atoms with Crippen molar-refractivity contribution in [2.75, 3.05) is 18.0 Å². The summed E-state index contributed by atoms with van der Waals surface area (Å²) in [5, 5.41) is 12.0. The van der Waals surface area contributed by atoms with Gasteiger partial charge in [-0.3, -0.25) is 4.79 Å². The fourth-order valence-electron chi connectivity index (χ4n) is 2.46. The smallest absolute Gasteiger partial charge is 0.217 e. The van der Waals surface area contributed by atoms with E-state index in [1.54, 1.807) is 18.3 Å². The molecule has 16 heavy (non-hydrogen) atoms. The zero-order valence-electron chi connectivity index (χ0n) is 8.68. The number of hydrogen-bond acceptors (Lipinski definition) is 5. The van der Waals surface area contributed by atoms with Gasteiger partial charge in [-0.25, -0.2) is 0 Å². The molecule has 3 rings (SSSR count). The molecule has 1 N–H and O–H groups in total.